The summed E-state index contributed by atoms with van der Waals surface area (Å²) in [4.78, 5) is 23.6. The maximum Gasteiger partial charge on any atom is 0.337 e. The van der Waals surface area contributed by atoms with E-state index in [0.717, 1.165) is 6.07 Å². The molecule has 1 heterocycles. The van der Waals surface area contributed by atoms with E-state index in [2.05, 4.69) is 0 Å². The third kappa shape index (κ3) is 1.64. The number of hydrogen-bond donors (Lipinski definition) is 1. The number of amides is 1. The number of carbonyl (C=O) groups excluding carboxylic acids is 1. The van der Waals surface area contributed by atoms with Gasteiger partial charge in [0, 0.05) is 13.0 Å². The van der Waals surface area contributed by atoms with Crippen LogP contribution in [-0.4, -0.2) is 23.5 Å². The summed E-state index contributed by atoms with van der Waals surface area (Å²) in [6, 6.07) is 3.78. The molecular weight excluding hydrogens is 213 g/mol. The first-order chi connectivity index (χ1) is 7.61. The average Bonchev–Trinajstić information content (AvgIpc) is 2.64. The molecule has 0 atom stereocenters. The van der Waals surface area contributed by atoms with Crippen LogP contribution in [0.3, 0.4) is 0 Å². The van der Waals surface area contributed by atoms with E-state index in [1.54, 1.807) is 0 Å². The molecular formula is C11H10FNO3. The Morgan fingerprint density at radius 1 is 1.44 bits per heavy atom. The highest BCUT2D eigenvalue weighted by atomic mass is 19.1. The molecule has 0 unspecified atom stereocenters. The van der Waals surface area contributed by atoms with Crippen molar-refractivity contribution in [3.63, 3.8) is 0 Å². The number of para-hydroxylation sites is 1. The van der Waals surface area contributed by atoms with E-state index in [0.29, 0.717) is 19.4 Å². The first-order valence-electron chi connectivity index (χ1n) is 4.93. The Balaban J connectivity index is 2.53. The van der Waals surface area contributed by atoms with E-state index in [4.69, 9.17) is 5.11 Å². The molecule has 0 bridgehead atoms. The predicted octanol–water partition coefficient (Wildman–Crippen LogP) is 1.65. The molecule has 1 aliphatic heterocycles. The number of carboxylic acids is 1. The summed E-state index contributed by atoms with van der Waals surface area (Å²) in [7, 11) is 0. The first kappa shape index (κ1) is 10.6. The molecule has 2 rings (SSSR count). The number of anilines is 1. The standard InChI is InChI=1S/C11H10FNO3/c12-8-4-1-3-7(11(15)16)10(8)13-6-2-5-9(13)14/h1,3-4H,2,5-6H2,(H,15,16). The Labute approximate surface area is 91.3 Å². The summed E-state index contributed by atoms with van der Waals surface area (Å²) in [6.45, 7) is 0.375. The number of hydrogen-bond acceptors (Lipinski definition) is 2. The van der Waals surface area contributed by atoms with Crippen molar-refractivity contribution in [3.05, 3.63) is 29.6 Å². The maximum atomic E-state index is 13.6. The summed E-state index contributed by atoms with van der Waals surface area (Å²) < 4.78 is 13.6. The Hall–Kier alpha value is -1.91. The number of carbonyl (C=O) groups is 2. The van der Waals surface area contributed by atoms with Gasteiger partial charge in [-0.2, -0.15) is 0 Å². The molecule has 5 heteroatoms. The number of benzene rings is 1. The van der Waals surface area contributed by atoms with Crippen LogP contribution < -0.4 is 4.90 Å². The molecule has 84 valence electrons. The molecule has 1 saturated heterocycles. The van der Waals surface area contributed by atoms with Gasteiger partial charge in [-0.15, -0.1) is 0 Å². The second-order valence-corrected chi connectivity index (χ2v) is 3.59. The Kier molecular flexibility index (Phi) is 2.60. The zero-order valence-electron chi connectivity index (χ0n) is 8.44. The molecule has 0 aromatic heterocycles. The van der Waals surface area contributed by atoms with Gasteiger partial charge in [-0.05, 0) is 18.6 Å². The first-order valence-corrected chi connectivity index (χ1v) is 4.93. The second-order valence-electron chi connectivity index (χ2n) is 3.59. The van der Waals surface area contributed by atoms with Crippen LogP contribution in [0.15, 0.2) is 18.2 Å². The highest BCUT2D eigenvalue weighted by molar-refractivity contribution is 6.03. The molecule has 0 aliphatic carbocycles. The van der Waals surface area contributed by atoms with Gasteiger partial charge >= 0.3 is 5.97 Å². The minimum absolute atomic E-state index is 0.113. The largest absolute Gasteiger partial charge is 0.478 e. The number of aromatic carboxylic acids is 1. The second kappa shape index (κ2) is 3.92. The summed E-state index contributed by atoms with van der Waals surface area (Å²) in [5, 5.41) is 8.93. The van der Waals surface area contributed by atoms with E-state index >= 15 is 0 Å². The maximum absolute atomic E-state index is 13.6. The molecule has 1 aromatic carbocycles. The van der Waals surface area contributed by atoms with Crippen molar-refractivity contribution >= 4 is 17.6 Å². The molecule has 1 N–H and O–H groups in total. The van der Waals surface area contributed by atoms with E-state index < -0.39 is 11.8 Å². The third-order valence-electron chi connectivity index (χ3n) is 2.56. The van der Waals surface area contributed by atoms with Crippen LogP contribution in [0.25, 0.3) is 0 Å². The molecule has 1 aromatic rings. The average molecular weight is 223 g/mol. The lowest BCUT2D eigenvalue weighted by Crippen LogP contribution is -2.27. The Morgan fingerprint density at radius 2 is 2.19 bits per heavy atom. The van der Waals surface area contributed by atoms with Gasteiger partial charge in [-0.1, -0.05) is 6.07 Å². The molecule has 1 aliphatic rings. The van der Waals surface area contributed by atoms with E-state index in [-0.39, 0.29) is 17.2 Å². The molecule has 0 saturated carbocycles. The molecule has 1 amide bonds. The van der Waals surface area contributed by atoms with Gasteiger partial charge in [0.15, 0.2) is 0 Å². The summed E-state index contributed by atoms with van der Waals surface area (Å²) >= 11 is 0. The smallest absolute Gasteiger partial charge is 0.337 e. The van der Waals surface area contributed by atoms with Crippen LogP contribution in [0.5, 0.6) is 0 Å². The van der Waals surface area contributed by atoms with Crippen LogP contribution in [-0.2, 0) is 4.79 Å². The predicted molar refractivity (Wildman–Crippen MR) is 54.9 cm³/mol. The number of rotatable bonds is 2. The van der Waals surface area contributed by atoms with Crippen LogP contribution in [0.2, 0.25) is 0 Å². The number of carboxylic acid groups (broad SMARTS) is 1. The highest BCUT2D eigenvalue weighted by Crippen LogP contribution is 2.28. The summed E-state index contributed by atoms with van der Waals surface area (Å²) in [5.41, 5.74) is -0.284. The topological polar surface area (TPSA) is 57.6 Å². The van der Waals surface area contributed by atoms with Crippen molar-refractivity contribution in [2.24, 2.45) is 0 Å². The van der Waals surface area contributed by atoms with Gasteiger partial charge in [0.25, 0.3) is 0 Å². The quantitative estimate of drug-likeness (QED) is 0.829. The minimum atomic E-state index is -1.23. The van der Waals surface area contributed by atoms with Crippen LogP contribution in [0.1, 0.15) is 23.2 Å². The van der Waals surface area contributed by atoms with Gasteiger partial charge in [-0.3, -0.25) is 4.79 Å². The lowest BCUT2D eigenvalue weighted by molar-refractivity contribution is -0.117. The van der Waals surface area contributed by atoms with Gasteiger partial charge in [0.05, 0.1) is 11.3 Å². The van der Waals surface area contributed by atoms with Gasteiger partial charge in [0.1, 0.15) is 5.82 Å². The fourth-order valence-electron chi connectivity index (χ4n) is 1.85. The lowest BCUT2D eigenvalue weighted by Gasteiger charge is -2.18. The molecule has 1 fully saturated rings. The van der Waals surface area contributed by atoms with Crippen molar-refractivity contribution < 1.29 is 19.1 Å². The fourth-order valence-corrected chi connectivity index (χ4v) is 1.85. The van der Waals surface area contributed by atoms with Gasteiger partial charge in [-0.25, -0.2) is 9.18 Å². The zero-order valence-corrected chi connectivity index (χ0v) is 8.44. The fraction of sp³-hybridized carbons (Fsp3) is 0.273. The van der Waals surface area contributed by atoms with E-state index in [9.17, 15) is 14.0 Å². The lowest BCUT2D eigenvalue weighted by atomic mass is 10.1. The van der Waals surface area contributed by atoms with Crippen LogP contribution in [0, 0.1) is 5.82 Å². The summed E-state index contributed by atoms with van der Waals surface area (Å²) in [5.74, 6) is -2.13. The van der Waals surface area contributed by atoms with E-state index in [1.165, 1.54) is 17.0 Å². The summed E-state index contributed by atoms with van der Waals surface area (Å²) in [6.07, 6.45) is 0.972. The SMILES string of the molecule is O=C(O)c1cccc(F)c1N1CCCC1=O. The van der Waals surface area contributed by atoms with Crippen molar-refractivity contribution in [3.8, 4) is 0 Å². The zero-order chi connectivity index (χ0) is 11.7. The van der Waals surface area contributed by atoms with Crippen LogP contribution >= 0.6 is 0 Å². The molecule has 0 spiro atoms. The van der Waals surface area contributed by atoms with Gasteiger partial charge < -0.3 is 10.0 Å². The van der Waals surface area contributed by atoms with Crippen molar-refractivity contribution in [1.82, 2.24) is 0 Å². The number of halogens is 1. The molecule has 4 nitrogen and oxygen atoms in total. The molecule has 0 radical (unpaired) electrons. The highest BCUT2D eigenvalue weighted by Gasteiger charge is 2.28. The minimum Gasteiger partial charge on any atom is -0.478 e. The Morgan fingerprint density at radius 3 is 2.75 bits per heavy atom. The van der Waals surface area contributed by atoms with Crippen molar-refractivity contribution in [2.45, 2.75) is 12.8 Å². The van der Waals surface area contributed by atoms with Gasteiger partial charge in [0.2, 0.25) is 5.91 Å². The third-order valence-corrected chi connectivity index (χ3v) is 2.56. The molecule has 16 heavy (non-hydrogen) atoms. The monoisotopic (exact) mass is 223 g/mol. The number of nitrogens with zero attached hydrogens (tertiary/aromatic N) is 1. The van der Waals surface area contributed by atoms with Crippen LogP contribution in [0.4, 0.5) is 10.1 Å². The van der Waals surface area contributed by atoms with E-state index in [1.807, 2.05) is 0 Å². The Bertz CT molecular complexity index is 459. The van der Waals surface area contributed by atoms with Crippen molar-refractivity contribution in [2.75, 3.05) is 11.4 Å². The normalized spacial score (nSPS) is 15.6. The van der Waals surface area contributed by atoms with Crippen molar-refractivity contribution in [1.29, 1.82) is 0 Å².